The van der Waals surface area contributed by atoms with Crippen molar-refractivity contribution in [2.45, 2.75) is 44.8 Å². The third-order valence-corrected chi connectivity index (χ3v) is 4.26. The molecule has 0 aromatic heterocycles. The summed E-state index contributed by atoms with van der Waals surface area (Å²) in [6.07, 6.45) is 3.95. The van der Waals surface area contributed by atoms with E-state index in [1.165, 1.54) is 0 Å². The molecule has 1 aromatic rings. The SMILES string of the molecule is COc1ccc(CCCNC(=O)N[C@@H](C)[C@@H]2CCCO2)cc1OC. The van der Waals surface area contributed by atoms with Gasteiger partial charge in [0.2, 0.25) is 0 Å². The summed E-state index contributed by atoms with van der Waals surface area (Å²) < 4.78 is 16.1. The number of aryl methyl sites for hydroxylation is 1. The van der Waals surface area contributed by atoms with E-state index in [9.17, 15) is 4.79 Å². The first-order chi connectivity index (χ1) is 11.6. The smallest absolute Gasteiger partial charge is 0.315 e. The first-order valence-electron chi connectivity index (χ1n) is 8.51. The summed E-state index contributed by atoms with van der Waals surface area (Å²) in [5, 5.41) is 5.84. The summed E-state index contributed by atoms with van der Waals surface area (Å²) in [4.78, 5) is 11.9. The van der Waals surface area contributed by atoms with Crippen molar-refractivity contribution in [1.29, 1.82) is 0 Å². The molecule has 1 aliphatic rings. The van der Waals surface area contributed by atoms with Crippen LogP contribution in [0.5, 0.6) is 11.5 Å². The molecule has 2 atom stereocenters. The van der Waals surface area contributed by atoms with Crippen molar-refractivity contribution >= 4 is 6.03 Å². The molecule has 6 nitrogen and oxygen atoms in total. The van der Waals surface area contributed by atoms with E-state index in [1.807, 2.05) is 25.1 Å². The first kappa shape index (κ1) is 18.4. The predicted octanol–water partition coefficient (Wildman–Crippen LogP) is 2.50. The minimum atomic E-state index is -0.134. The number of urea groups is 1. The lowest BCUT2D eigenvalue weighted by molar-refractivity contribution is 0.0860. The predicted molar refractivity (Wildman–Crippen MR) is 92.8 cm³/mol. The zero-order valence-corrected chi connectivity index (χ0v) is 14.8. The molecule has 2 N–H and O–H groups in total. The molecule has 2 amide bonds. The normalized spacial score (nSPS) is 18.0. The topological polar surface area (TPSA) is 68.8 Å². The molecule has 1 aromatic carbocycles. The fraction of sp³-hybridized carbons (Fsp3) is 0.611. The molecule has 0 aliphatic carbocycles. The number of ether oxygens (including phenoxy) is 3. The van der Waals surface area contributed by atoms with Crippen LogP contribution in [0.15, 0.2) is 18.2 Å². The molecule has 0 bridgehead atoms. The Morgan fingerprint density at radius 3 is 2.79 bits per heavy atom. The summed E-state index contributed by atoms with van der Waals surface area (Å²) in [6.45, 7) is 3.40. The Labute approximate surface area is 143 Å². The maximum Gasteiger partial charge on any atom is 0.315 e. The molecule has 0 radical (unpaired) electrons. The largest absolute Gasteiger partial charge is 0.493 e. The van der Waals surface area contributed by atoms with Crippen LogP contribution < -0.4 is 20.1 Å². The van der Waals surface area contributed by atoms with Crippen LogP contribution in [0.25, 0.3) is 0 Å². The maximum absolute atomic E-state index is 11.9. The van der Waals surface area contributed by atoms with E-state index in [0.717, 1.165) is 49.4 Å². The van der Waals surface area contributed by atoms with Crippen LogP contribution in [0.4, 0.5) is 4.79 Å². The molecular formula is C18H28N2O4. The average molecular weight is 336 g/mol. The van der Waals surface area contributed by atoms with Gasteiger partial charge in [-0.15, -0.1) is 0 Å². The minimum absolute atomic E-state index is 0.0401. The molecule has 0 saturated carbocycles. The van der Waals surface area contributed by atoms with Gasteiger partial charge in [-0.1, -0.05) is 6.07 Å². The number of carbonyl (C=O) groups excluding carboxylic acids is 1. The van der Waals surface area contributed by atoms with Crippen LogP contribution >= 0.6 is 0 Å². The van der Waals surface area contributed by atoms with Crippen molar-refractivity contribution in [3.8, 4) is 11.5 Å². The second-order valence-electron chi connectivity index (χ2n) is 6.03. The molecule has 2 rings (SSSR count). The van der Waals surface area contributed by atoms with Crippen LogP contribution in [0, 0.1) is 0 Å². The fourth-order valence-electron chi connectivity index (χ4n) is 2.88. The van der Waals surface area contributed by atoms with Gasteiger partial charge in [0, 0.05) is 13.2 Å². The highest BCUT2D eigenvalue weighted by Crippen LogP contribution is 2.27. The van der Waals surface area contributed by atoms with Gasteiger partial charge in [0.15, 0.2) is 11.5 Å². The number of carbonyl (C=O) groups is 1. The summed E-state index contributed by atoms with van der Waals surface area (Å²) in [7, 11) is 3.25. The lowest BCUT2D eigenvalue weighted by Crippen LogP contribution is -2.46. The molecule has 0 unspecified atom stereocenters. The Kier molecular flexibility index (Phi) is 7.18. The molecule has 134 valence electrons. The quantitative estimate of drug-likeness (QED) is 0.716. The Bertz CT molecular complexity index is 530. The molecule has 6 heteroatoms. The lowest BCUT2D eigenvalue weighted by Gasteiger charge is -2.20. The average Bonchev–Trinajstić information content (AvgIpc) is 3.13. The highest BCUT2D eigenvalue weighted by molar-refractivity contribution is 5.74. The third-order valence-electron chi connectivity index (χ3n) is 4.26. The summed E-state index contributed by atoms with van der Waals surface area (Å²) in [6, 6.07) is 5.79. The number of hydrogen-bond donors (Lipinski definition) is 2. The third kappa shape index (κ3) is 5.30. The minimum Gasteiger partial charge on any atom is -0.493 e. The van der Waals surface area contributed by atoms with Crippen LogP contribution in [-0.2, 0) is 11.2 Å². The van der Waals surface area contributed by atoms with Gasteiger partial charge in [0.1, 0.15) is 0 Å². The standard InChI is InChI=1S/C18H28N2O4/c1-13(15-7-5-11-24-15)20-18(21)19-10-4-6-14-8-9-16(22-2)17(12-14)23-3/h8-9,12-13,15H,4-7,10-11H2,1-3H3,(H2,19,20,21)/t13-,15-/m0/s1. The van der Waals surface area contributed by atoms with E-state index < -0.39 is 0 Å². The number of methoxy groups -OCH3 is 2. The van der Waals surface area contributed by atoms with Crippen LogP contribution in [0.3, 0.4) is 0 Å². The van der Waals surface area contributed by atoms with Gasteiger partial charge in [0.05, 0.1) is 26.4 Å². The van der Waals surface area contributed by atoms with Gasteiger partial charge < -0.3 is 24.8 Å². The first-order valence-corrected chi connectivity index (χ1v) is 8.51. The summed E-state index contributed by atoms with van der Waals surface area (Å²) in [5.74, 6) is 1.45. The lowest BCUT2D eigenvalue weighted by atomic mass is 10.1. The molecule has 1 saturated heterocycles. The van der Waals surface area contributed by atoms with Gasteiger partial charge in [0.25, 0.3) is 0 Å². The Morgan fingerprint density at radius 1 is 1.33 bits per heavy atom. The van der Waals surface area contributed by atoms with Gasteiger partial charge in [-0.2, -0.15) is 0 Å². The monoisotopic (exact) mass is 336 g/mol. The second kappa shape index (κ2) is 9.37. The number of amides is 2. The molecule has 1 fully saturated rings. The maximum atomic E-state index is 11.9. The van der Waals surface area contributed by atoms with Crippen molar-refractivity contribution in [2.24, 2.45) is 0 Å². The highest BCUT2D eigenvalue weighted by atomic mass is 16.5. The van der Waals surface area contributed by atoms with E-state index in [2.05, 4.69) is 10.6 Å². The van der Waals surface area contributed by atoms with Gasteiger partial charge in [-0.05, 0) is 50.3 Å². The number of benzene rings is 1. The zero-order valence-electron chi connectivity index (χ0n) is 14.8. The number of rotatable bonds is 8. The molecule has 0 spiro atoms. The molecule has 1 heterocycles. The summed E-state index contributed by atoms with van der Waals surface area (Å²) in [5.41, 5.74) is 1.16. The van der Waals surface area contributed by atoms with Crippen molar-refractivity contribution < 1.29 is 19.0 Å². The van der Waals surface area contributed by atoms with Gasteiger partial charge >= 0.3 is 6.03 Å². The van der Waals surface area contributed by atoms with Crippen LogP contribution in [0.1, 0.15) is 31.7 Å². The van der Waals surface area contributed by atoms with E-state index in [-0.39, 0.29) is 18.2 Å². The Hall–Kier alpha value is -1.95. The highest BCUT2D eigenvalue weighted by Gasteiger charge is 2.23. The number of hydrogen-bond acceptors (Lipinski definition) is 4. The van der Waals surface area contributed by atoms with Gasteiger partial charge in [-0.3, -0.25) is 0 Å². The van der Waals surface area contributed by atoms with Crippen molar-refractivity contribution in [3.63, 3.8) is 0 Å². The Balaban J connectivity index is 1.67. The molecule has 24 heavy (non-hydrogen) atoms. The van der Waals surface area contributed by atoms with Crippen LogP contribution in [-0.4, -0.2) is 45.5 Å². The van der Waals surface area contributed by atoms with Crippen LogP contribution in [0.2, 0.25) is 0 Å². The Morgan fingerprint density at radius 2 is 2.12 bits per heavy atom. The number of nitrogens with one attached hydrogen (secondary N) is 2. The zero-order chi connectivity index (χ0) is 17.4. The van der Waals surface area contributed by atoms with E-state index in [1.54, 1.807) is 14.2 Å². The van der Waals surface area contributed by atoms with E-state index in [4.69, 9.17) is 14.2 Å². The second-order valence-corrected chi connectivity index (χ2v) is 6.03. The van der Waals surface area contributed by atoms with Gasteiger partial charge in [-0.25, -0.2) is 4.79 Å². The van der Waals surface area contributed by atoms with Crippen molar-refractivity contribution in [1.82, 2.24) is 10.6 Å². The van der Waals surface area contributed by atoms with E-state index in [0.29, 0.717) is 6.54 Å². The van der Waals surface area contributed by atoms with Crippen molar-refractivity contribution in [3.05, 3.63) is 23.8 Å². The summed E-state index contributed by atoms with van der Waals surface area (Å²) >= 11 is 0. The molecular weight excluding hydrogens is 308 g/mol. The van der Waals surface area contributed by atoms with Crippen molar-refractivity contribution in [2.75, 3.05) is 27.4 Å². The van der Waals surface area contributed by atoms with E-state index >= 15 is 0 Å². The fourth-order valence-corrected chi connectivity index (χ4v) is 2.88. The molecule has 1 aliphatic heterocycles.